The van der Waals surface area contributed by atoms with Crippen molar-refractivity contribution in [3.8, 4) is 0 Å². The van der Waals surface area contributed by atoms with Gasteiger partial charge in [0.15, 0.2) is 0 Å². The molecular weight excluding hydrogens is 322 g/mol. The molecule has 0 saturated heterocycles. The van der Waals surface area contributed by atoms with Crippen LogP contribution in [0.5, 0.6) is 0 Å². The monoisotopic (exact) mass is 339 g/mol. The van der Waals surface area contributed by atoms with E-state index in [-0.39, 0.29) is 0 Å². The summed E-state index contributed by atoms with van der Waals surface area (Å²) in [5, 5.41) is 13.5. The van der Waals surface area contributed by atoms with Crippen LogP contribution in [0.2, 0.25) is 0 Å². The van der Waals surface area contributed by atoms with Gasteiger partial charge in [-0.05, 0) is 35.0 Å². The minimum atomic E-state index is -0.832. The Kier molecular flexibility index (Phi) is 4.91. The molecule has 6 heteroatoms. The van der Waals surface area contributed by atoms with Crippen LogP contribution in [0.15, 0.2) is 29.0 Å². The Morgan fingerprint density at radius 1 is 1.45 bits per heavy atom. The molecule has 0 saturated carbocycles. The topological polar surface area (TPSA) is 67.3 Å². The summed E-state index contributed by atoms with van der Waals surface area (Å²) in [6.07, 6.45) is 4.03. The second kappa shape index (κ2) is 6.47. The second-order valence-corrected chi connectivity index (χ2v) is 5.89. The van der Waals surface area contributed by atoms with E-state index in [4.69, 9.17) is 4.74 Å². The minimum Gasteiger partial charge on any atom is -0.388 e. The summed E-state index contributed by atoms with van der Waals surface area (Å²) < 4.78 is 5.89. The van der Waals surface area contributed by atoms with Crippen molar-refractivity contribution in [3.63, 3.8) is 0 Å². The lowest BCUT2D eigenvalue weighted by molar-refractivity contribution is 0.0358. The van der Waals surface area contributed by atoms with Crippen molar-refractivity contribution in [2.24, 2.45) is 0 Å². The lowest BCUT2D eigenvalue weighted by atomic mass is 10.0. The van der Waals surface area contributed by atoms with Gasteiger partial charge in [-0.25, -0.2) is 0 Å². The first-order valence-corrected chi connectivity index (χ1v) is 7.16. The van der Waals surface area contributed by atoms with Gasteiger partial charge in [-0.15, -0.1) is 0 Å². The summed E-state index contributed by atoms with van der Waals surface area (Å²) in [5.74, 6) is 0. The van der Waals surface area contributed by atoms with Gasteiger partial charge in [0.25, 0.3) is 0 Å². The van der Waals surface area contributed by atoms with Crippen LogP contribution in [0.3, 0.4) is 0 Å². The molecule has 0 aliphatic heterocycles. The van der Waals surface area contributed by atoms with Crippen LogP contribution >= 0.6 is 15.9 Å². The second-order valence-electron chi connectivity index (χ2n) is 4.97. The molecule has 1 atom stereocenters. The zero-order valence-electron chi connectivity index (χ0n) is 11.6. The van der Waals surface area contributed by atoms with Crippen LogP contribution in [-0.2, 0) is 4.74 Å². The highest BCUT2D eigenvalue weighted by molar-refractivity contribution is 9.10. The average molecular weight is 340 g/mol. The number of hydrogen-bond acceptors (Lipinski definition) is 5. The van der Waals surface area contributed by atoms with E-state index < -0.39 is 5.60 Å². The Morgan fingerprint density at radius 3 is 3.00 bits per heavy atom. The maximum absolute atomic E-state index is 10.2. The smallest absolute Gasteiger partial charge is 0.112 e. The molecule has 5 nitrogen and oxygen atoms in total. The van der Waals surface area contributed by atoms with E-state index in [1.165, 1.54) is 0 Å². The quantitative estimate of drug-likeness (QED) is 0.846. The molecule has 2 N–H and O–H groups in total. The highest BCUT2D eigenvalue weighted by Gasteiger charge is 2.20. The number of halogens is 1. The maximum atomic E-state index is 10.2. The van der Waals surface area contributed by atoms with Crippen molar-refractivity contribution in [2.45, 2.75) is 18.9 Å². The third-order valence-electron chi connectivity index (χ3n) is 3.05. The van der Waals surface area contributed by atoms with Gasteiger partial charge in [0, 0.05) is 43.5 Å². The number of pyridine rings is 2. The first kappa shape index (κ1) is 15.2. The van der Waals surface area contributed by atoms with E-state index in [0.29, 0.717) is 19.6 Å². The molecule has 2 aromatic heterocycles. The fourth-order valence-electron chi connectivity index (χ4n) is 1.84. The molecule has 0 fully saturated rings. The lowest BCUT2D eigenvalue weighted by Gasteiger charge is -2.24. The van der Waals surface area contributed by atoms with E-state index in [9.17, 15) is 5.11 Å². The number of methoxy groups -OCH3 is 1. The normalized spacial score (nSPS) is 14.2. The van der Waals surface area contributed by atoms with Gasteiger partial charge in [-0.3, -0.25) is 9.97 Å². The van der Waals surface area contributed by atoms with Gasteiger partial charge in [0.1, 0.15) is 5.52 Å². The molecule has 2 rings (SSSR count). The molecule has 1 unspecified atom stereocenters. The number of ether oxygens (including phenoxy) is 1. The van der Waals surface area contributed by atoms with Gasteiger partial charge < -0.3 is 15.2 Å². The number of aromatic nitrogens is 2. The van der Waals surface area contributed by atoms with Gasteiger partial charge in [0.05, 0.1) is 16.8 Å². The Hall–Kier alpha value is -1.24. The maximum Gasteiger partial charge on any atom is 0.112 e. The minimum absolute atomic E-state index is 0.424. The van der Waals surface area contributed by atoms with E-state index in [1.54, 1.807) is 26.4 Å². The average Bonchev–Trinajstić information content (AvgIpc) is 2.42. The highest BCUT2D eigenvalue weighted by Crippen LogP contribution is 2.22. The Balaban J connectivity index is 2.14. The molecule has 108 valence electrons. The van der Waals surface area contributed by atoms with Gasteiger partial charge in [0.2, 0.25) is 0 Å². The van der Waals surface area contributed by atoms with Crippen molar-refractivity contribution in [2.75, 3.05) is 25.6 Å². The van der Waals surface area contributed by atoms with E-state index in [0.717, 1.165) is 21.2 Å². The van der Waals surface area contributed by atoms with E-state index in [2.05, 4.69) is 31.2 Å². The van der Waals surface area contributed by atoms with Crippen molar-refractivity contribution < 1.29 is 9.84 Å². The van der Waals surface area contributed by atoms with E-state index in [1.807, 2.05) is 12.1 Å². The van der Waals surface area contributed by atoms with Crippen LogP contribution in [0.4, 0.5) is 5.69 Å². The molecule has 0 radical (unpaired) electrons. The number of fused-ring (bicyclic) bond motifs is 1. The predicted molar refractivity (Wildman–Crippen MR) is 82.8 cm³/mol. The molecule has 0 spiro atoms. The lowest BCUT2D eigenvalue weighted by Crippen LogP contribution is -2.34. The van der Waals surface area contributed by atoms with E-state index >= 15 is 0 Å². The Bertz CT molecular complexity index is 590. The summed E-state index contributed by atoms with van der Waals surface area (Å²) in [4.78, 5) is 8.65. The molecule has 0 amide bonds. The number of rotatable bonds is 6. The number of nitrogens with zero attached hydrogens (tertiary/aromatic N) is 2. The zero-order valence-corrected chi connectivity index (χ0v) is 13.1. The molecule has 0 aliphatic rings. The number of aliphatic hydroxyl groups is 1. The first-order valence-electron chi connectivity index (χ1n) is 6.37. The number of hydrogen-bond donors (Lipinski definition) is 2. The molecule has 0 aliphatic carbocycles. The van der Waals surface area contributed by atoms with Gasteiger partial charge in [-0.2, -0.15) is 0 Å². The molecule has 20 heavy (non-hydrogen) atoms. The summed E-state index contributed by atoms with van der Waals surface area (Å²) >= 11 is 3.38. The van der Waals surface area contributed by atoms with Crippen LogP contribution in [-0.4, -0.2) is 40.9 Å². The standard InChI is InChI=1S/C14H18BrN3O2/c1-14(19,4-6-20-2)9-18-11-3-5-16-12-7-10(15)8-17-13(11)12/h3,5,7-8,19H,4,6,9H2,1-2H3,(H,16,18). The predicted octanol–water partition coefficient (Wildman–Crippen LogP) is 2.59. The molecule has 2 aromatic rings. The summed E-state index contributed by atoms with van der Waals surface area (Å²) in [6, 6.07) is 3.77. The third kappa shape index (κ3) is 3.88. The first-order chi connectivity index (χ1) is 9.52. The Labute approximate surface area is 126 Å². The molecular formula is C14H18BrN3O2. The van der Waals surface area contributed by atoms with Crippen molar-refractivity contribution in [1.82, 2.24) is 9.97 Å². The molecule has 2 heterocycles. The molecule has 0 bridgehead atoms. The highest BCUT2D eigenvalue weighted by atomic mass is 79.9. The van der Waals surface area contributed by atoms with Gasteiger partial charge in [-0.1, -0.05) is 0 Å². The largest absolute Gasteiger partial charge is 0.388 e. The van der Waals surface area contributed by atoms with Gasteiger partial charge >= 0.3 is 0 Å². The van der Waals surface area contributed by atoms with Crippen molar-refractivity contribution >= 4 is 32.7 Å². The third-order valence-corrected chi connectivity index (χ3v) is 3.48. The molecule has 0 aromatic carbocycles. The van der Waals surface area contributed by atoms with Crippen LogP contribution < -0.4 is 5.32 Å². The van der Waals surface area contributed by atoms with Crippen LogP contribution in [0, 0.1) is 0 Å². The zero-order chi connectivity index (χ0) is 14.6. The number of anilines is 1. The van der Waals surface area contributed by atoms with Crippen molar-refractivity contribution in [1.29, 1.82) is 0 Å². The fourth-order valence-corrected chi connectivity index (χ4v) is 2.16. The Morgan fingerprint density at radius 2 is 2.25 bits per heavy atom. The fraction of sp³-hybridized carbons (Fsp3) is 0.429. The summed E-state index contributed by atoms with van der Waals surface area (Å²) in [6.45, 7) is 2.73. The van der Waals surface area contributed by atoms with Crippen LogP contribution in [0.25, 0.3) is 11.0 Å². The summed E-state index contributed by atoms with van der Waals surface area (Å²) in [7, 11) is 1.63. The SMILES string of the molecule is COCCC(C)(O)CNc1ccnc2cc(Br)cnc12. The van der Waals surface area contributed by atoms with Crippen LogP contribution in [0.1, 0.15) is 13.3 Å². The van der Waals surface area contributed by atoms with Crippen molar-refractivity contribution in [3.05, 3.63) is 29.0 Å². The number of nitrogens with one attached hydrogen (secondary N) is 1. The summed E-state index contributed by atoms with van der Waals surface area (Å²) in [5.41, 5.74) is 1.63.